The number of nitrogens with two attached hydrogens (primary N) is 1. The lowest BCUT2D eigenvalue weighted by Crippen LogP contribution is -2.40. The van der Waals surface area contributed by atoms with Gasteiger partial charge >= 0.3 is 5.97 Å². The number of hydrogen-bond donors (Lipinski definition) is 4. The summed E-state index contributed by atoms with van der Waals surface area (Å²) in [5, 5.41) is 31.0. The molecule has 3 aromatic heterocycles. The van der Waals surface area contributed by atoms with E-state index in [4.69, 9.17) is 47.4 Å². The van der Waals surface area contributed by atoms with Crippen LogP contribution in [0, 0.1) is 35.5 Å². The molecule has 67 heavy (non-hydrogen) atoms. The number of methoxy groups -OCH3 is 4. The molecule has 6 bridgehead atoms. The Kier molecular flexibility index (Phi) is 22.3. The average Bonchev–Trinajstić information content (AvgIpc) is 4.09. The summed E-state index contributed by atoms with van der Waals surface area (Å²) in [6.07, 6.45) is 7.21. The molecule has 0 saturated carbocycles. The molecule has 19 nitrogen and oxygen atoms in total. The number of carbonyl (C=O) groups excluding carboxylic acids is 2. The van der Waals surface area contributed by atoms with Crippen molar-refractivity contribution >= 4 is 17.8 Å². The molecular formula is C48H75N5O14. The summed E-state index contributed by atoms with van der Waals surface area (Å²) in [6, 6.07) is 0. The van der Waals surface area contributed by atoms with Gasteiger partial charge in [-0.2, -0.15) is 0 Å². The van der Waals surface area contributed by atoms with Crippen LogP contribution in [0.25, 0.3) is 29.2 Å². The van der Waals surface area contributed by atoms with E-state index in [-0.39, 0.29) is 92.1 Å². The van der Waals surface area contributed by atoms with E-state index >= 15 is 0 Å². The number of ether oxygens (including phenoxy) is 6. The van der Waals surface area contributed by atoms with Gasteiger partial charge in [0.25, 0.3) is 0 Å². The molecule has 19 heteroatoms. The maximum Gasteiger partial charge on any atom is 0.308 e. The van der Waals surface area contributed by atoms with Crippen molar-refractivity contribution in [2.45, 2.75) is 136 Å². The quantitative estimate of drug-likeness (QED) is 0.0824. The first-order valence-electron chi connectivity index (χ1n) is 23.1. The summed E-state index contributed by atoms with van der Waals surface area (Å²) in [5.41, 5.74) is 6.81. The van der Waals surface area contributed by atoms with Crippen molar-refractivity contribution < 1.29 is 66.6 Å². The Balaban J connectivity index is 1.60. The summed E-state index contributed by atoms with van der Waals surface area (Å²) >= 11 is 0. The van der Waals surface area contributed by atoms with Gasteiger partial charge in [0.15, 0.2) is 11.4 Å². The third-order valence-electron chi connectivity index (χ3n) is 12.9. The van der Waals surface area contributed by atoms with Crippen LogP contribution in [0.15, 0.2) is 50.4 Å². The third-order valence-corrected chi connectivity index (χ3v) is 12.9. The van der Waals surface area contributed by atoms with Gasteiger partial charge < -0.3 is 61.9 Å². The van der Waals surface area contributed by atoms with Gasteiger partial charge in [0.2, 0.25) is 24.1 Å². The molecule has 0 fully saturated rings. The molecule has 14 atom stereocenters. The molecule has 0 aliphatic carbocycles. The SMILES string of the molecule is COC(CC1OC(=O)CC(OC(N)O)CC(C)CC(O)C(C)C(OC)c2coc(n2)-c2coc(n2)-c2coc(n2)C=CCC(OC)C1C)C(C)CCC(=O)C(C)C(OC)C(C)/C=C/N(C)CO. The van der Waals surface area contributed by atoms with Gasteiger partial charge in [-0.25, -0.2) is 15.0 Å². The lowest BCUT2D eigenvalue weighted by molar-refractivity contribution is -0.170. The maximum atomic E-state index is 14.0. The highest BCUT2D eigenvalue weighted by molar-refractivity contribution is 5.81. The van der Waals surface area contributed by atoms with Crippen LogP contribution in [0.1, 0.15) is 104 Å². The van der Waals surface area contributed by atoms with Gasteiger partial charge in [-0.1, -0.05) is 53.7 Å². The molecule has 0 spiro atoms. The first-order chi connectivity index (χ1) is 31.9. The summed E-state index contributed by atoms with van der Waals surface area (Å²) in [4.78, 5) is 42.9. The lowest BCUT2D eigenvalue weighted by Gasteiger charge is -2.34. The van der Waals surface area contributed by atoms with E-state index in [0.29, 0.717) is 29.9 Å². The van der Waals surface area contributed by atoms with E-state index in [9.17, 15) is 24.9 Å². The van der Waals surface area contributed by atoms with Gasteiger partial charge in [0, 0.05) is 72.0 Å². The highest BCUT2D eigenvalue weighted by atomic mass is 16.6. The second kappa shape index (κ2) is 27.0. The zero-order valence-corrected chi connectivity index (χ0v) is 41.0. The predicted octanol–water partition coefficient (Wildman–Crippen LogP) is 6.15. The fourth-order valence-corrected chi connectivity index (χ4v) is 8.76. The number of Topliss-reactive ketones (excluding diaryl/α,β-unsaturated/α-hetero) is 1. The number of hydrogen-bond acceptors (Lipinski definition) is 19. The van der Waals surface area contributed by atoms with Crippen molar-refractivity contribution in [2.24, 2.45) is 41.2 Å². The van der Waals surface area contributed by atoms with Crippen molar-refractivity contribution in [1.29, 1.82) is 0 Å². The lowest BCUT2D eigenvalue weighted by atomic mass is 9.84. The normalized spacial score (nSPS) is 26.5. The van der Waals surface area contributed by atoms with Crippen LogP contribution in [0.5, 0.6) is 0 Å². The molecule has 14 unspecified atom stereocenters. The smallest absolute Gasteiger partial charge is 0.308 e. The van der Waals surface area contributed by atoms with Crippen LogP contribution in [0.3, 0.4) is 0 Å². The zero-order chi connectivity index (χ0) is 49.4. The molecule has 0 amide bonds. The minimum absolute atomic E-state index is 0.0466. The Morgan fingerprint density at radius 3 is 2.30 bits per heavy atom. The Hall–Kier alpha value is -4.31. The topological polar surface area (TPSA) is 258 Å². The van der Waals surface area contributed by atoms with E-state index in [1.54, 1.807) is 45.6 Å². The van der Waals surface area contributed by atoms with Gasteiger partial charge in [-0.05, 0) is 49.8 Å². The number of fused-ring (bicyclic) bond motifs is 8. The first kappa shape index (κ1) is 55.3. The Bertz CT molecular complexity index is 1980. The number of rotatable bonds is 18. The van der Waals surface area contributed by atoms with Crippen LogP contribution in [-0.4, -0.2) is 132 Å². The minimum Gasteiger partial charge on any atom is -0.462 e. The molecule has 1 aliphatic heterocycles. The van der Waals surface area contributed by atoms with E-state index in [0.717, 1.165) is 0 Å². The first-order valence-corrected chi connectivity index (χ1v) is 23.1. The Morgan fingerprint density at radius 1 is 0.955 bits per heavy atom. The molecular weight excluding hydrogens is 871 g/mol. The number of nitrogens with zero attached hydrogens (tertiary/aromatic N) is 4. The number of cyclic esters (lactones) is 1. The maximum absolute atomic E-state index is 14.0. The van der Waals surface area contributed by atoms with Gasteiger partial charge in [-0.3, -0.25) is 15.3 Å². The van der Waals surface area contributed by atoms with Crippen LogP contribution in [-0.2, 0) is 38.0 Å². The van der Waals surface area contributed by atoms with E-state index in [1.807, 2.05) is 53.7 Å². The number of ketones is 1. The van der Waals surface area contributed by atoms with Crippen molar-refractivity contribution in [2.75, 3.05) is 42.2 Å². The molecule has 0 radical (unpaired) electrons. The van der Waals surface area contributed by atoms with Crippen LogP contribution >= 0.6 is 0 Å². The predicted molar refractivity (Wildman–Crippen MR) is 246 cm³/mol. The highest BCUT2D eigenvalue weighted by Gasteiger charge is 2.36. The van der Waals surface area contributed by atoms with Crippen molar-refractivity contribution in [3.63, 3.8) is 0 Å². The van der Waals surface area contributed by atoms with Crippen LogP contribution in [0.4, 0.5) is 0 Å². The van der Waals surface area contributed by atoms with E-state index in [1.165, 1.54) is 25.9 Å². The summed E-state index contributed by atoms with van der Waals surface area (Å²) in [7, 11) is 8.04. The summed E-state index contributed by atoms with van der Waals surface area (Å²) in [6.45, 7) is 11.4. The molecule has 5 N–H and O–H groups in total. The molecule has 376 valence electrons. The van der Waals surface area contributed by atoms with Crippen LogP contribution in [0.2, 0.25) is 0 Å². The number of aromatic nitrogens is 3. The number of aliphatic hydroxyl groups excluding tert-OH is 3. The number of oxazole rings is 3. The molecule has 3 aromatic rings. The number of aliphatic hydroxyl groups is 3. The second-order valence-electron chi connectivity index (χ2n) is 18.1. The van der Waals surface area contributed by atoms with Crippen LogP contribution < -0.4 is 5.73 Å². The largest absolute Gasteiger partial charge is 0.462 e. The van der Waals surface area contributed by atoms with Crippen molar-refractivity contribution in [3.8, 4) is 23.2 Å². The monoisotopic (exact) mass is 946 g/mol. The fraction of sp³-hybridized carbons (Fsp3) is 0.688. The van der Waals surface area contributed by atoms with Gasteiger partial charge in [0.05, 0.1) is 36.9 Å². The molecule has 0 aromatic carbocycles. The standard InChI is InChI=1S/C48H75N5O14/c1-27-19-33(66-48(49)58)21-43(57)67-41(22-40(60-9)28(2)15-16-37(55)30(4)44(61-10)29(3)17-18-53(7)26-54)32(6)39(59-8)13-12-14-42-50-35(24-63-42)46-52-36(25-65-46)47-51-34(23-64-47)45(62-11)31(5)38(56)20-27/h12,14,17-18,23-25,27-33,38-41,44-45,48,54,56,58H,13,15-16,19-22,26,49H2,1-11H3/b14-12?,18-17+. The zero-order valence-electron chi connectivity index (χ0n) is 41.0. The molecule has 4 rings (SSSR count). The van der Waals surface area contributed by atoms with Gasteiger partial charge in [0.1, 0.15) is 49.2 Å². The number of esters is 1. The molecule has 4 heterocycles. The molecule has 1 aliphatic rings. The van der Waals surface area contributed by atoms with E-state index < -0.39 is 60.8 Å². The highest BCUT2D eigenvalue weighted by Crippen LogP contribution is 2.34. The second-order valence-corrected chi connectivity index (χ2v) is 18.1. The average molecular weight is 946 g/mol. The summed E-state index contributed by atoms with van der Waals surface area (Å²) in [5.74, 6) is -1.54. The Morgan fingerprint density at radius 2 is 1.64 bits per heavy atom. The molecule has 0 saturated heterocycles. The third kappa shape index (κ3) is 16.1. The van der Waals surface area contributed by atoms with E-state index in [2.05, 4.69) is 15.0 Å². The Labute approximate surface area is 394 Å². The van der Waals surface area contributed by atoms with Gasteiger partial charge in [-0.15, -0.1) is 0 Å². The summed E-state index contributed by atoms with van der Waals surface area (Å²) < 4.78 is 52.8. The van der Waals surface area contributed by atoms with Crippen molar-refractivity contribution in [3.05, 3.63) is 48.7 Å². The fourth-order valence-electron chi connectivity index (χ4n) is 8.76. The minimum atomic E-state index is -1.67. The number of carbonyl (C=O) groups is 2. The van der Waals surface area contributed by atoms with Crippen molar-refractivity contribution in [1.82, 2.24) is 19.9 Å².